The predicted octanol–water partition coefficient (Wildman–Crippen LogP) is 3.80. The van der Waals surface area contributed by atoms with Gasteiger partial charge in [0, 0.05) is 22.4 Å². The number of aliphatic hydroxyl groups is 1. The van der Waals surface area contributed by atoms with Crippen molar-refractivity contribution >= 4 is 22.7 Å². The van der Waals surface area contributed by atoms with Crippen LogP contribution in [0.3, 0.4) is 0 Å². The van der Waals surface area contributed by atoms with Gasteiger partial charge in [-0.1, -0.05) is 0 Å². The maximum Gasteiger partial charge on any atom is 0.292 e. The van der Waals surface area contributed by atoms with Gasteiger partial charge >= 0.3 is 0 Å². The highest BCUT2D eigenvalue weighted by Crippen LogP contribution is 2.42. The van der Waals surface area contributed by atoms with E-state index in [0.717, 1.165) is 19.4 Å². The van der Waals surface area contributed by atoms with Crippen molar-refractivity contribution in [3.05, 3.63) is 55.8 Å². The zero-order chi connectivity index (χ0) is 15.7. The normalized spacial score (nSPS) is 17.9. The lowest BCUT2D eigenvalue weighted by molar-refractivity contribution is -0.384. The average Bonchev–Trinajstić information content (AvgIpc) is 3.14. The van der Waals surface area contributed by atoms with Gasteiger partial charge < -0.3 is 10.0 Å². The van der Waals surface area contributed by atoms with Gasteiger partial charge in [-0.25, -0.2) is 0 Å². The van der Waals surface area contributed by atoms with Crippen LogP contribution in [0.4, 0.5) is 11.4 Å². The number of hydrogen-bond donors (Lipinski definition) is 1. The minimum absolute atomic E-state index is 0.109. The molecule has 0 aliphatic carbocycles. The highest BCUT2D eigenvalue weighted by Gasteiger charge is 2.31. The first-order chi connectivity index (χ1) is 10.6. The molecule has 0 radical (unpaired) electrons. The van der Waals surface area contributed by atoms with Crippen LogP contribution in [-0.2, 0) is 6.61 Å². The molecule has 1 aliphatic heterocycles. The summed E-state index contributed by atoms with van der Waals surface area (Å²) in [5.41, 5.74) is 1.43. The summed E-state index contributed by atoms with van der Waals surface area (Å²) in [5, 5.41) is 20.7. The fraction of sp³-hybridized carbons (Fsp3) is 0.375. The van der Waals surface area contributed by atoms with Gasteiger partial charge in [0.25, 0.3) is 5.69 Å². The topological polar surface area (TPSA) is 66.6 Å². The molecule has 3 rings (SSSR count). The molecule has 116 valence electrons. The molecule has 2 heterocycles. The van der Waals surface area contributed by atoms with Crippen LogP contribution < -0.4 is 4.90 Å². The van der Waals surface area contributed by atoms with Gasteiger partial charge in [-0.05, 0) is 49.6 Å². The number of hydrogen-bond acceptors (Lipinski definition) is 5. The van der Waals surface area contributed by atoms with Gasteiger partial charge in [0.15, 0.2) is 0 Å². The number of aliphatic hydroxyl groups excluding tert-OH is 1. The predicted molar refractivity (Wildman–Crippen MR) is 87.4 cm³/mol. The number of nitrogens with zero attached hydrogens (tertiary/aromatic N) is 2. The van der Waals surface area contributed by atoms with Gasteiger partial charge in [-0.2, -0.15) is 0 Å². The maximum absolute atomic E-state index is 11.3. The van der Waals surface area contributed by atoms with Crippen LogP contribution >= 0.6 is 11.3 Å². The first-order valence-corrected chi connectivity index (χ1v) is 8.13. The Labute approximate surface area is 133 Å². The Kier molecular flexibility index (Phi) is 4.13. The lowest BCUT2D eigenvalue weighted by Crippen LogP contribution is -2.23. The van der Waals surface area contributed by atoms with Crippen molar-refractivity contribution in [1.29, 1.82) is 0 Å². The number of benzene rings is 1. The van der Waals surface area contributed by atoms with Crippen LogP contribution in [-0.4, -0.2) is 16.6 Å². The van der Waals surface area contributed by atoms with E-state index in [-0.39, 0.29) is 23.3 Å². The maximum atomic E-state index is 11.3. The van der Waals surface area contributed by atoms with Gasteiger partial charge in [-0.3, -0.25) is 10.1 Å². The SMILES string of the molecule is Cc1ccc(C2CCCN2c2cc(CO)ccc2[N+](=O)[O-])s1. The molecule has 0 bridgehead atoms. The van der Waals surface area contributed by atoms with Crippen LogP contribution in [0.2, 0.25) is 0 Å². The minimum Gasteiger partial charge on any atom is -0.392 e. The lowest BCUT2D eigenvalue weighted by Gasteiger charge is -2.26. The van der Waals surface area contributed by atoms with Crippen molar-refractivity contribution in [1.82, 2.24) is 0 Å². The van der Waals surface area contributed by atoms with E-state index < -0.39 is 0 Å². The molecule has 0 spiro atoms. The highest BCUT2D eigenvalue weighted by molar-refractivity contribution is 7.12. The molecule has 0 amide bonds. The van der Waals surface area contributed by atoms with E-state index in [1.54, 1.807) is 23.5 Å². The van der Waals surface area contributed by atoms with Crippen LogP contribution in [0.15, 0.2) is 30.3 Å². The summed E-state index contributed by atoms with van der Waals surface area (Å²) in [5.74, 6) is 0. The van der Waals surface area contributed by atoms with Gasteiger partial charge in [-0.15, -0.1) is 11.3 Å². The summed E-state index contributed by atoms with van der Waals surface area (Å²) < 4.78 is 0. The summed E-state index contributed by atoms with van der Waals surface area (Å²) in [6, 6.07) is 9.25. The first kappa shape index (κ1) is 15.0. The van der Waals surface area contributed by atoms with Crippen molar-refractivity contribution in [2.75, 3.05) is 11.4 Å². The molecule has 0 saturated carbocycles. The molecule has 1 aliphatic rings. The highest BCUT2D eigenvalue weighted by atomic mass is 32.1. The van der Waals surface area contributed by atoms with Gasteiger partial charge in [0.05, 0.1) is 17.6 Å². The van der Waals surface area contributed by atoms with Crippen molar-refractivity contribution in [2.45, 2.75) is 32.4 Å². The number of thiophene rings is 1. The second-order valence-corrected chi connectivity index (χ2v) is 6.86. The molecular weight excluding hydrogens is 300 g/mol. The summed E-state index contributed by atoms with van der Waals surface area (Å²) in [6.07, 6.45) is 2.02. The van der Waals surface area contributed by atoms with Crippen LogP contribution in [0.5, 0.6) is 0 Å². The molecule has 1 fully saturated rings. The van der Waals surface area contributed by atoms with Gasteiger partial charge in [0.1, 0.15) is 5.69 Å². The summed E-state index contributed by atoms with van der Waals surface area (Å²) in [6.45, 7) is 2.77. The fourth-order valence-corrected chi connectivity index (χ4v) is 4.06. The summed E-state index contributed by atoms with van der Waals surface area (Å²) in [7, 11) is 0. The minimum atomic E-state index is -0.342. The van der Waals surface area contributed by atoms with E-state index in [0.29, 0.717) is 11.3 Å². The number of anilines is 1. The van der Waals surface area contributed by atoms with Crippen LogP contribution in [0.1, 0.15) is 34.2 Å². The zero-order valence-corrected chi connectivity index (χ0v) is 13.2. The Hall–Kier alpha value is -1.92. The molecule has 1 aromatic heterocycles. The molecule has 2 aromatic rings. The molecular formula is C16H18N2O3S. The smallest absolute Gasteiger partial charge is 0.292 e. The van der Waals surface area contributed by atoms with Crippen LogP contribution in [0, 0.1) is 17.0 Å². The van der Waals surface area contributed by atoms with E-state index in [1.807, 2.05) is 0 Å². The molecule has 1 unspecified atom stereocenters. The van der Waals surface area contributed by atoms with E-state index in [9.17, 15) is 15.2 Å². The van der Waals surface area contributed by atoms with Crippen molar-refractivity contribution in [3.63, 3.8) is 0 Å². The monoisotopic (exact) mass is 318 g/mol. The average molecular weight is 318 g/mol. The Morgan fingerprint density at radius 1 is 1.41 bits per heavy atom. The standard InChI is InChI=1S/C16H18N2O3S/c1-11-4-7-16(22-11)14-3-2-8-17(14)15-9-12(10-19)5-6-13(15)18(20)21/h4-7,9,14,19H,2-3,8,10H2,1H3. The van der Waals surface area contributed by atoms with Gasteiger partial charge in [0.2, 0.25) is 0 Å². The third-order valence-electron chi connectivity index (χ3n) is 4.07. The molecule has 6 heteroatoms. The van der Waals surface area contributed by atoms with E-state index >= 15 is 0 Å². The lowest BCUT2D eigenvalue weighted by atomic mass is 10.1. The number of nitro benzene ring substituents is 1. The summed E-state index contributed by atoms with van der Waals surface area (Å²) >= 11 is 1.75. The van der Waals surface area contributed by atoms with E-state index in [2.05, 4.69) is 24.0 Å². The summed E-state index contributed by atoms with van der Waals surface area (Å²) in [4.78, 5) is 15.6. The van der Waals surface area contributed by atoms with E-state index in [4.69, 9.17) is 0 Å². The second-order valence-electron chi connectivity index (χ2n) is 5.54. The van der Waals surface area contributed by atoms with Crippen molar-refractivity contribution in [2.24, 2.45) is 0 Å². The third kappa shape index (κ3) is 2.71. The zero-order valence-electron chi connectivity index (χ0n) is 12.4. The van der Waals surface area contributed by atoms with Crippen molar-refractivity contribution in [3.8, 4) is 0 Å². The molecule has 5 nitrogen and oxygen atoms in total. The number of rotatable bonds is 4. The molecule has 22 heavy (non-hydrogen) atoms. The Morgan fingerprint density at radius 2 is 2.23 bits per heavy atom. The third-order valence-corrected chi connectivity index (χ3v) is 5.17. The van der Waals surface area contributed by atoms with E-state index in [1.165, 1.54) is 15.8 Å². The molecule has 1 atom stereocenters. The Balaban J connectivity index is 2.03. The largest absolute Gasteiger partial charge is 0.392 e. The number of aryl methyl sites for hydroxylation is 1. The molecule has 1 aromatic carbocycles. The molecule has 1 N–H and O–H groups in total. The number of nitro groups is 1. The fourth-order valence-electron chi connectivity index (χ4n) is 3.04. The van der Waals surface area contributed by atoms with Crippen LogP contribution in [0.25, 0.3) is 0 Å². The Bertz CT molecular complexity index is 698. The molecule has 1 saturated heterocycles. The quantitative estimate of drug-likeness (QED) is 0.688. The second kappa shape index (κ2) is 6.06. The first-order valence-electron chi connectivity index (χ1n) is 7.31. The Morgan fingerprint density at radius 3 is 2.86 bits per heavy atom. The van der Waals surface area contributed by atoms with Crippen molar-refractivity contribution < 1.29 is 10.0 Å².